The third kappa shape index (κ3) is 5.82. The fourth-order valence-corrected chi connectivity index (χ4v) is 5.35. The number of hydrogen-bond acceptors (Lipinski definition) is 4. The van der Waals surface area contributed by atoms with E-state index in [1.165, 1.54) is 0 Å². The zero-order valence-electron chi connectivity index (χ0n) is 14.8. The summed E-state index contributed by atoms with van der Waals surface area (Å²) < 4.78 is 54.3. The van der Waals surface area contributed by atoms with E-state index in [-0.39, 0.29) is 21.6 Å². The Labute approximate surface area is 167 Å². The van der Waals surface area contributed by atoms with Crippen LogP contribution in [0.4, 0.5) is 13.2 Å². The molecular formula is C20H19F3O4Se. The Morgan fingerprint density at radius 1 is 0.929 bits per heavy atom. The molecule has 3 atom stereocenters. The molecule has 0 bridgehead atoms. The summed E-state index contributed by atoms with van der Waals surface area (Å²) in [4.78, 5) is 11.3. The Morgan fingerprint density at radius 3 is 2.00 bits per heavy atom. The molecule has 1 unspecified atom stereocenters. The van der Waals surface area contributed by atoms with Crippen molar-refractivity contribution in [2.75, 3.05) is 0 Å². The fourth-order valence-electron chi connectivity index (χ4n) is 2.70. The van der Waals surface area contributed by atoms with Gasteiger partial charge in [0.2, 0.25) is 0 Å². The molecule has 0 spiro atoms. The van der Waals surface area contributed by atoms with Gasteiger partial charge in [-0.1, -0.05) is 0 Å². The molecule has 1 aliphatic rings. The summed E-state index contributed by atoms with van der Waals surface area (Å²) in [5, 5.41) is -0.430. The molecule has 1 saturated heterocycles. The Bertz CT molecular complexity index is 755. The molecule has 150 valence electrons. The van der Waals surface area contributed by atoms with E-state index >= 15 is 0 Å². The number of hydrogen-bond donors (Lipinski definition) is 0. The summed E-state index contributed by atoms with van der Waals surface area (Å²) in [5.74, 6) is -2.18. The van der Waals surface area contributed by atoms with Crippen LogP contribution in [0.25, 0.3) is 0 Å². The van der Waals surface area contributed by atoms with Crippen molar-refractivity contribution in [1.82, 2.24) is 0 Å². The Hall–Kier alpha value is -1.86. The van der Waals surface area contributed by atoms with Gasteiger partial charge in [0, 0.05) is 0 Å². The molecule has 8 heteroatoms. The molecule has 4 nitrogen and oxygen atoms in total. The van der Waals surface area contributed by atoms with Crippen molar-refractivity contribution in [1.29, 1.82) is 0 Å². The van der Waals surface area contributed by atoms with E-state index in [9.17, 15) is 18.0 Å². The summed E-state index contributed by atoms with van der Waals surface area (Å²) >= 11 is -0.371. The molecule has 28 heavy (non-hydrogen) atoms. The first-order valence-corrected chi connectivity index (χ1v) is 10.8. The molecule has 0 aromatic heterocycles. The van der Waals surface area contributed by atoms with Gasteiger partial charge < -0.3 is 0 Å². The van der Waals surface area contributed by atoms with E-state index in [1.807, 2.05) is 60.7 Å². The zero-order valence-corrected chi connectivity index (χ0v) is 16.5. The van der Waals surface area contributed by atoms with E-state index in [4.69, 9.17) is 14.2 Å². The average Bonchev–Trinajstić information content (AvgIpc) is 3.07. The van der Waals surface area contributed by atoms with Crippen LogP contribution < -0.4 is 0 Å². The molecule has 2 aromatic rings. The summed E-state index contributed by atoms with van der Waals surface area (Å²) in [6.45, 7) is 0.513. The van der Waals surface area contributed by atoms with E-state index in [2.05, 4.69) is 0 Å². The Morgan fingerprint density at radius 2 is 1.46 bits per heavy atom. The van der Waals surface area contributed by atoms with Crippen LogP contribution in [-0.2, 0) is 32.2 Å². The SMILES string of the molecule is O=C(OC1[Se]C[C@H](OCc2ccccc2)[C@H]1OCc1ccccc1)C(F)(F)F. The second kappa shape index (κ2) is 9.56. The van der Waals surface area contributed by atoms with Crippen molar-refractivity contribution >= 4 is 20.9 Å². The molecular weight excluding hydrogens is 440 g/mol. The number of carbonyl (C=O) groups excluding carboxylic acids is 1. The van der Waals surface area contributed by atoms with Gasteiger partial charge in [-0.15, -0.1) is 0 Å². The maximum absolute atomic E-state index is 12.6. The molecule has 1 aliphatic heterocycles. The first-order chi connectivity index (χ1) is 13.4. The number of esters is 1. The van der Waals surface area contributed by atoms with E-state index in [1.54, 1.807) is 0 Å². The quantitative estimate of drug-likeness (QED) is 0.468. The van der Waals surface area contributed by atoms with Gasteiger partial charge in [-0.2, -0.15) is 0 Å². The van der Waals surface area contributed by atoms with E-state index in [0.717, 1.165) is 11.1 Å². The molecule has 0 N–H and O–H groups in total. The predicted molar refractivity (Wildman–Crippen MR) is 96.5 cm³/mol. The van der Waals surface area contributed by atoms with Gasteiger partial charge in [0.05, 0.1) is 0 Å². The summed E-state index contributed by atoms with van der Waals surface area (Å²) in [5.41, 5.74) is 1.83. The van der Waals surface area contributed by atoms with Crippen LogP contribution in [0.2, 0.25) is 5.32 Å². The minimum atomic E-state index is -5.02. The number of alkyl halides is 3. The van der Waals surface area contributed by atoms with Crippen molar-refractivity contribution in [3.63, 3.8) is 0 Å². The standard InChI is InChI=1S/C20H19F3O4Se/c21-20(22,23)19(24)27-18-17(26-12-15-9-5-2-6-10-15)16(13-28-18)25-11-14-7-3-1-4-8-14/h1-10,16-18H,11-13H2/t16-,17+,18?/m0/s1. The minimum absolute atomic E-state index is 0.201. The van der Waals surface area contributed by atoms with Gasteiger partial charge in [-0.05, 0) is 0 Å². The van der Waals surface area contributed by atoms with Crippen LogP contribution >= 0.6 is 0 Å². The van der Waals surface area contributed by atoms with Crippen molar-refractivity contribution in [3.8, 4) is 0 Å². The third-order valence-corrected chi connectivity index (χ3v) is 6.65. The van der Waals surface area contributed by atoms with E-state index < -0.39 is 29.4 Å². The first kappa shape index (κ1) is 20.9. The number of rotatable bonds is 7. The monoisotopic (exact) mass is 460 g/mol. The van der Waals surface area contributed by atoms with Crippen LogP contribution in [0.3, 0.4) is 0 Å². The van der Waals surface area contributed by atoms with Gasteiger partial charge in [0.1, 0.15) is 0 Å². The summed E-state index contributed by atoms with van der Waals surface area (Å²) in [7, 11) is 0. The third-order valence-electron chi connectivity index (χ3n) is 4.11. The van der Waals surface area contributed by atoms with Gasteiger partial charge in [-0.25, -0.2) is 0 Å². The van der Waals surface area contributed by atoms with Crippen LogP contribution in [-0.4, -0.2) is 44.3 Å². The molecule has 0 saturated carbocycles. The molecule has 0 aliphatic carbocycles. The predicted octanol–water partition coefficient (Wildman–Crippen LogP) is 3.72. The van der Waals surface area contributed by atoms with Crippen molar-refractivity contribution < 1.29 is 32.2 Å². The maximum atomic E-state index is 12.6. The molecule has 1 fully saturated rings. The fraction of sp³-hybridized carbons (Fsp3) is 0.350. The Balaban J connectivity index is 1.66. The summed E-state index contributed by atoms with van der Waals surface area (Å²) in [6, 6.07) is 18.7. The van der Waals surface area contributed by atoms with Crippen LogP contribution in [0, 0.1) is 0 Å². The topological polar surface area (TPSA) is 44.8 Å². The number of ether oxygens (including phenoxy) is 3. The van der Waals surface area contributed by atoms with Crippen LogP contribution in [0.15, 0.2) is 60.7 Å². The normalized spacial score (nSPS) is 22.2. The second-order valence-electron chi connectivity index (χ2n) is 6.20. The number of carbonyl (C=O) groups is 1. The van der Waals surface area contributed by atoms with Gasteiger partial charge >= 0.3 is 167 Å². The van der Waals surface area contributed by atoms with Crippen molar-refractivity contribution in [2.45, 2.75) is 41.9 Å². The number of benzene rings is 2. The second-order valence-corrected chi connectivity index (χ2v) is 8.57. The average molecular weight is 459 g/mol. The number of halogens is 3. The van der Waals surface area contributed by atoms with E-state index in [0.29, 0.717) is 11.9 Å². The molecule has 1 heterocycles. The van der Waals surface area contributed by atoms with Gasteiger partial charge in [0.15, 0.2) is 0 Å². The zero-order chi connectivity index (χ0) is 20.0. The first-order valence-electron chi connectivity index (χ1n) is 8.64. The summed E-state index contributed by atoms with van der Waals surface area (Å²) in [6.07, 6.45) is -6.20. The molecule has 2 aromatic carbocycles. The van der Waals surface area contributed by atoms with Crippen LogP contribution in [0.1, 0.15) is 11.1 Å². The van der Waals surface area contributed by atoms with Gasteiger partial charge in [0.25, 0.3) is 0 Å². The Kier molecular flexibility index (Phi) is 7.13. The molecule has 0 amide bonds. The van der Waals surface area contributed by atoms with Crippen LogP contribution in [0.5, 0.6) is 0 Å². The van der Waals surface area contributed by atoms with Crippen molar-refractivity contribution in [3.05, 3.63) is 71.8 Å². The molecule has 3 rings (SSSR count). The van der Waals surface area contributed by atoms with Crippen molar-refractivity contribution in [2.24, 2.45) is 0 Å². The molecule has 0 radical (unpaired) electrons. The van der Waals surface area contributed by atoms with Gasteiger partial charge in [-0.3, -0.25) is 0 Å².